The first-order valence-corrected chi connectivity index (χ1v) is 8.36. The molecule has 4 nitrogen and oxygen atoms in total. The summed E-state index contributed by atoms with van der Waals surface area (Å²) in [7, 11) is -3.58. The highest BCUT2D eigenvalue weighted by Gasteiger charge is 2.18. The van der Waals surface area contributed by atoms with Crippen molar-refractivity contribution in [1.82, 2.24) is 9.44 Å². The zero-order chi connectivity index (χ0) is 15.3. The Hall–Kier alpha value is -1.69. The largest absolute Gasteiger partial charge is 0.278 e. The van der Waals surface area contributed by atoms with E-state index >= 15 is 0 Å². The van der Waals surface area contributed by atoms with E-state index in [-0.39, 0.29) is 12.1 Å². The second-order valence-electron chi connectivity index (χ2n) is 5.00. The van der Waals surface area contributed by atoms with Crippen LogP contribution in [0.4, 0.5) is 0 Å². The van der Waals surface area contributed by atoms with Crippen LogP contribution in [0.2, 0.25) is 0 Å². The van der Waals surface area contributed by atoms with Gasteiger partial charge in [-0.1, -0.05) is 60.7 Å². The molecule has 0 radical (unpaired) electrons. The van der Waals surface area contributed by atoms with Gasteiger partial charge in [0.25, 0.3) is 10.2 Å². The van der Waals surface area contributed by atoms with Crippen molar-refractivity contribution in [2.45, 2.75) is 25.9 Å². The van der Waals surface area contributed by atoms with Gasteiger partial charge in [-0.15, -0.1) is 0 Å². The summed E-state index contributed by atoms with van der Waals surface area (Å²) >= 11 is 0. The van der Waals surface area contributed by atoms with Crippen LogP contribution in [0.15, 0.2) is 60.7 Å². The van der Waals surface area contributed by atoms with Gasteiger partial charge in [0.1, 0.15) is 0 Å². The molecule has 2 aromatic rings. The third-order valence-electron chi connectivity index (χ3n) is 3.26. The molecule has 0 bridgehead atoms. The minimum atomic E-state index is -3.58. The van der Waals surface area contributed by atoms with E-state index in [0.717, 1.165) is 11.1 Å². The third-order valence-corrected chi connectivity index (χ3v) is 4.59. The molecule has 0 saturated heterocycles. The van der Waals surface area contributed by atoms with Crippen LogP contribution in [0.1, 0.15) is 37.1 Å². The average molecular weight is 304 g/mol. The Morgan fingerprint density at radius 2 is 1.05 bits per heavy atom. The standard InChI is InChI=1S/C16H20N2O2S/c1-13(15-9-5-3-6-10-15)17-21(19,20)18-14(2)16-11-7-4-8-12-16/h3-14,17-18H,1-2H3/t13-,14-/m0/s1. The van der Waals surface area contributed by atoms with E-state index in [1.165, 1.54) is 0 Å². The number of nitrogens with one attached hydrogen (secondary N) is 2. The topological polar surface area (TPSA) is 58.2 Å². The lowest BCUT2D eigenvalue weighted by Gasteiger charge is -2.18. The Bertz CT molecular complexity index is 604. The molecule has 2 atom stereocenters. The Balaban J connectivity index is 2.02. The molecule has 0 saturated carbocycles. The van der Waals surface area contributed by atoms with Gasteiger partial charge in [-0.3, -0.25) is 0 Å². The monoisotopic (exact) mass is 304 g/mol. The van der Waals surface area contributed by atoms with Crippen molar-refractivity contribution < 1.29 is 8.42 Å². The Morgan fingerprint density at radius 3 is 1.38 bits per heavy atom. The molecule has 0 heterocycles. The second kappa shape index (κ2) is 6.85. The van der Waals surface area contributed by atoms with Crippen LogP contribution in [0.5, 0.6) is 0 Å². The van der Waals surface area contributed by atoms with Gasteiger partial charge in [-0.05, 0) is 25.0 Å². The zero-order valence-corrected chi connectivity index (χ0v) is 13.0. The van der Waals surface area contributed by atoms with E-state index in [0.29, 0.717) is 0 Å². The minimum absolute atomic E-state index is 0.285. The summed E-state index contributed by atoms with van der Waals surface area (Å²) in [5, 5.41) is 0. The van der Waals surface area contributed by atoms with Crippen molar-refractivity contribution in [2.75, 3.05) is 0 Å². The molecule has 0 aliphatic heterocycles. The van der Waals surface area contributed by atoms with Gasteiger partial charge in [0.2, 0.25) is 0 Å². The Morgan fingerprint density at radius 1 is 0.714 bits per heavy atom. The van der Waals surface area contributed by atoms with Crippen molar-refractivity contribution in [3.05, 3.63) is 71.8 Å². The van der Waals surface area contributed by atoms with E-state index in [1.54, 1.807) is 0 Å². The molecule has 21 heavy (non-hydrogen) atoms. The molecular formula is C16H20N2O2S. The molecule has 2 rings (SSSR count). The third kappa shape index (κ3) is 4.67. The lowest BCUT2D eigenvalue weighted by atomic mass is 10.1. The van der Waals surface area contributed by atoms with Crippen LogP contribution in [-0.4, -0.2) is 8.42 Å². The second-order valence-corrected chi connectivity index (χ2v) is 6.48. The molecule has 0 aliphatic rings. The first-order valence-electron chi connectivity index (χ1n) is 6.87. The summed E-state index contributed by atoms with van der Waals surface area (Å²) < 4.78 is 29.6. The van der Waals surface area contributed by atoms with Crippen molar-refractivity contribution in [1.29, 1.82) is 0 Å². The summed E-state index contributed by atoms with van der Waals surface area (Å²) in [5.41, 5.74) is 1.85. The van der Waals surface area contributed by atoms with Crippen molar-refractivity contribution >= 4 is 10.2 Å². The summed E-state index contributed by atoms with van der Waals surface area (Å²) in [5.74, 6) is 0. The molecule has 2 aromatic carbocycles. The fourth-order valence-electron chi connectivity index (χ4n) is 2.12. The molecule has 0 aliphatic carbocycles. The average Bonchev–Trinajstić information content (AvgIpc) is 2.48. The highest BCUT2D eigenvalue weighted by atomic mass is 32.2. The van der Waals surface area contributed by atoms with Crippen LogP contribution in [-0.2, 0) is 10.2 Å². The highest BCUT2D eigenvalue weighted by molar-refractivity contribution is 7.87. The molecular weight excluding hydrogens is 284 g/mol. The first-order chi connectivity index (χ1) is 9.98. The smallest absolute Gasteiger partial charge is 0.195 e. The SMILES string of the molecule is C[C@H](NS(=O)(=O)N[C@@H](C)c1ccccc1)c1ccccc1. The van der Waals surface area contributed by atoms with Crippen molar-refractivity contribution in [3.63, 3.8) is 0 Å². The molecule has 0 aromatic heterocycles. The fourth-order valence-corrected chi connectivity index (χ4v) is 3.39. The van der Waals surface area contributed by atoms with E-state index in [9.17, 15) is 8.42 Å². The van der Waals surface area contributed by atoms with Gasteiger partial charge in [-0.2, -0.15) is 17.9 Å². The summed E-state index contributed by atoms with van der Waals surface area (Å²) in [4.78, 5) is 0. The summed E-state index contributed by atoms with van der Waals surface area (Å²) in [6.45, 7) is 3.64. The summed E-state index contributed by atoms with van der Waals surface area (Å²) in [6, 6.07) is 18.4. The van der Waals surface area contributed by atoms with Gasteiger partial charge in [-0.25, -0.2) is 0 Å². The first kappa shape index (κ1) is 15.7. The lowest BCUT2D eigenvalue weighted by Crippen LogP contribution is -2.39. The molecule has 0 unspecified atom stereocenters. The Labute approximate surface area is 126 Å². The van der Waals surface area contributed by atoms with Crippen LogP contribution in [0, 0.1) is 0 Å². The van der Waals surface area contributed by atoms with E-state index in [2.05, 4.69) is 9.44 Å². The molecule has 0 fully saturated rings. The minimum Gasteiger partial charge on any atom is -0.195 e. The quantitative estimate of drug-likeness (QED) is 0.862. The Kier molecular flexibility index (Phi) is 5.12. The van der Waals surface area contributed by atoms with Gasteiger partial charge >= 0.3 is 0 Å². The predicted octanol–water partition coefficient (Wildman–Crippen LogP) is 2.93. The lowest BCUT2D eigenvalue weighted by molar-refractivity contribution is 0.539. The van der Waals surface area contributed by atoms with E-state index in [4.69, 9.17) is 0 Å². The molecule has 5 heteroatoms. The molecule has 2 N–H and O–H groups in total. The normalized spacial score (nSPS) is 14.6. The van der Waals surface area contributed by atoms with Crippen molar-refractivity contribution in [3.8, 4) is 0 Å². The number of hydrogen-bond donors (Lipinski definition) is 2. The van der Waals surface area contributed by atoms with Crippen molar-refractivity contribution in [2.24, 2.45) is 0 Å². The van der Waals surface area contributed by atoms with Crippen LogP contribution in [0.3, 0.4) is 0 Å². The maximum atomic E-state index is 12.2. The van der Waals surface area contributed by atoms with Gasteiger partial charge in [0, 0.05) is 12.1 Å². The maximum Gasteiger partial charge on any atom is 0.278 e. The molecule has 0 amide bonds. The molecule has 0 spiro atoms. The zero-order valence-electron chi connectivity index (χ0n) is 12.2. The summed E-state index contributed by atoms with van der Waals surface area (Å²) in [6.07, 6.45) is 0. The maximum absolute atomic E-state index is 12.2. The van der Waals surface area contributed by atoms with Crippen LogP contribution >= 0.6 is 0 Å². The van der Waals surface area contributed by atoms with E-state index < -0.39 is 10.2 Å². The van der Waals surface area contributed by atoms with Gasteiger partial charge in [0.15, 0.2) is 0 Å². The number of rotatable bonds is 6. The fraction of sp³-hybridized carbons (Fsp3) is 0.250. The number of benzene rings is 2. The van der Waals surface area contributed by atoms with Gasteiger partial charge in [0.05, 0.1) is 0 Å². The predicted molar refractivity (Wildman–Crippen MR) is 84.9 cm³/mol. The van der Waals surface area contributed by atoms with Crippen LogP contribution in [0.25, 0.3) is 0 Å². The van der Waals surface area contributed by atoms with Gasteiger partial charge < -0.3 is 0 Å². The van der Waals surface area contributed by atoms with E-state index in [1.807, 2.05) is 74.5 Å². The molecule has 112 valence electrons. The highest BCUT2D eigenvalue weighted by Crippen LogP contribution is 2.15. The number of hydrogen-bond acceptors (Lipinski definition) is 2. The van der Waals surface area contributed by atoms with Crippen LogP contribution < -0.4 is 9.44 Å².